The first-order valence-electron chi connectivity index (χ1n) is 4.67. The third-order valence-electron chi connectivity index (χ3n) is 2.76. The fraction of sp³-hybridized carbons (Fsp3) is 0.889. The number of carbonyl (C=O) groups is 1. The van der Waals surface area contributed by atoms with Gasteiger partial charge in [-0.15, -0.1) is 0 Å². The third kappa shape index (κ3) is 2.47. The molecule has 5 heteroatoms. The molecule has 0 saturated heterocycles. The number of nitrogens with zero attached hydrogens (tertiary/aromatic N) is 3. The van der Waals surface area contributed by atoms with Crippen LogP contribution in [0.5, 0.6) is 0 Å². The monoisotopic (exact) mass is 197 g/mol. The van der Waals surface area contributed by atoms with E-state index in [1.807, 2.05) is 6.92 Å². The van der Waals surface area contributed by atoms with Gasteiger partial charge in [-0.05, 0) is 24.8 Å². The van der Waals surface area contributed by atoms with Crippen molar-refractivity contribution in [1.82, 2.24) is 0 Å². The Morgan fingerprint density at radius 1 is 1.64 bits per heavy atom. The van der Waals surface area contributed by atoms with Gasteiger partial charge in [0.05, 0.1) is 6.10 Å². The van der Waals surface area contributed by atoms with E-state index in [1.54, 1.807) is 7.11 Å². The minimum Gasteiger partial charge on any atom is -0.381 e. The molecule has 0 spiro atoms. The maximum Gasteiger partial charge on any atom is 0.125 e. The highest BCUT2D eigenvalue weighted by molar-refractivity contribution is 5.59. The summed E-state index contributed by atoms with van der Waals surface area (Å²) in [5.41, 5.74) is 7.94. The van der Waals surface area contributed by atoms with E-state index in [0.29, 0.717) is 19.3 Å². The van der Waals surface area contributed by atoms with Crippen LogP contribution in [0.4, 0.5) is 0 Å². The van der Waals surface area contributed by atoms with E-state index in [2.05, 4.69) is 10.0 Å². The van der Waals surface area contributed by atoms with E-state index < -0.39 is 5.41 Å². The summed E-state index contributed by atoms with van der Waals surface area (Å²) in [5.74, 6) is 0. The van der Waals surface area contributed by atoms with E-state index in [0.717, 1.165) is 6.29 Å². The number of hydrogen-bond donors (Lipinski definition) is 0. The van der Waals surface area contributed by atoms with Gasteiger partial charge in [-0.25, -0.2) is 0 Å². The second-order valence-electron chi connectivity index (χ2n) is 4.13. The summed E-state index contributed by atoms with van der Waals surface area (Å²) in [6.45, 7) is 1.88. The third-order valence-corrected chi connectivity index (χ3v) is 2.76. The SMILES string of the molecule is CO[C@H]1C[C@@H](N=[N+]=[N-])CC(C)(C=O)C1. The van der Waals surface area contributed by atoms with Crippen molar-refractivity contribution < 1.29 is 9.53 Å². The molecule has 0 aromatic heterocycles. The summed E-state index contributed by atoms with van der Waals surface area (Å²) < 4.78 is 5.22. The van der Waals surface area contributed by atoms with E-state index in [9.17, 15) is 4.79 Å². The molecule has 0 aromatic carbocycles. The first-order valence-corrected chi connectivity index (χ1v) is 4.67. The maximum absolute atomic E-state index is 10.9. The molecule has 0 bridgehead atoms. The van der Waals surface area contributed by atoms with Gasteiger partial charge in [-0.2, -0.15) is 0 Å². The van der Waals surface area contributed by atoms with E-state index in [4.69, 9.17) is 10.3 Å². The van der Waals surface area contributed by atoms with Gasteiger partial charge in [0, 0.05) is 23.5 Å². The Balaban J connectivity index is 2.75. The molecular weight excluding hydrogens is 182 g/mol. The van der Waals surface area contributed by atoms with Crippen molar-refractivity contribution in [3.05, 3.63) is 10.4 Å². The van der Waals surface area contributed by atoms with Gasteiger partial charge in [0.15, 0.2) is 0 Å². The lowest BCUT2D eigenvalue weighted by Gasteiger charge is -2.36. The van der Waals surface area contributed by atoms with Crippen LogP contribution in [-0.2, 0) is 9.53 Å². The smallest absolute Gasteiger partial charge is 0.125 e. The van der Waals surface area contributed by atoms with Gasteiger partial charge >= 0.3 is 0 Å². The van der Waals surface area contributed by atoms with Crippen LogP contribution in [0, 0.1) is 5.41 Å². The molecule has 1 fully saturated rings. The van der Waals surface area contributed by atoms with Crippen molar-refractivity contribution in [3.8, 4) is 0 Å². The maximum atomic E-state index is 10.9. The number of aldehydes is 1. The average Bonchev–Trinajstić information content (AvgIpc) is 2.17. The first-order chi connectivity index (χ1) is 6.63. The molecule has 5 nitrogen and oxygen atoms in total. The number of ether oxygens (including phenoxy) is 1. The molecule has 3 atom stereocenters. The van der Waals surface area contributed by atoms with Gasteiger partial charge in [-0.1, -0.05) is 12.0 Å². The van der Waals surface area contributed by atoms with Crippen LogP contribution >= 0.6 is 0 Å². The van der Waals surface area contributed by atoms with Crippen molar-refractivity contribution in [1.29, 1.82) is 0 Å². The molecular formula is C9H15N3O2. The van der Waals surface area contributed by atoms with E-state index in [1.165, 1.54) is 0 Å². The van der Waals surface area contributed by atoms with Crippen molar-refractivity contribution in [3.63, 3.8) is 0 Å². The number of methoxy groups -OCH3 is 1. The van der Waals surface area contributed by atoms with Crippen LogP contribution in [0.2, 0.25) is 0 Å². The Bertz CT molecular complexity index is 263. The van der Waals surface area contributed by atoms with E-state index in [-0.39, 0.29) is 12.1 Å². The molecule has 14 heavy (non-hydrogen) atoms. The number of azide groups is 1. The lowest BCUT2D eigenvalue weighted by Crippen LogP contribution is -2.37. The van der Waals surface area contributed by atoms with Gasteiger partial charge in [0.1, 0.15) is 6.29 Å². The van der Waals surface area contributed by atoms with Crippen molar-refractivity contribution >= 4 is 6.29 Å². The average molecular weight is 197 g/mol. The fourth-order valence-electron chi connectivity index (χ4n) is 2.05. The quantitative estimate of drug-likeness (QED) is 0.300. The summed E-state index contributed by atoms with van der Waals surface area (Å²) in [4.78, 5) is 13.7. The lowest BCUT2D eigenvalue weighted by atomic mass is 9.73. The molecule has 0 radical (unpaired) electrons. The zero-order valence-corrected chi connectivity index (χ0v) is 8.51. The molecule has 1 aliphatic carbocycles. The Kier molecular flexibility index (Phi) is 3.49. The zero-order valence-electron chi connectivity index (χ0n) is 8.51. The van der Waals surface area contributed by atoms with E-state index >= 15 is 0 Å². The summed E-state index contributed by atoms with van der Waals surface area (Å²) >= 11 is 0. The van der Waals surface area contributed by atoms with Gasteiger partial charge in [0.25, 0.3) is 0 Å². The van der Waals surface area contributed by atoms with Gasteiger partial charge < -0.3 is 9.53 Å². The van der Waals surface area contributed by atoms with Crippen LogP contribution in [0.1, 0.15) is 26.2 Å². The minimum absolute atomic E-state index is 0.0226. The highest BCUT2D eigenvalue weighted by Gasteiger charge is 2.36. The first kappa shape index (κ1) is 11.0. The second kappa shape index (κ2) is 4.44. The molecule has 1 rings (SSSR count). The predicted molar refractivity (Wildman–Crippen MR) is 51.8 cm³/mol. The minimum atomic E-state index is -0.405. The van der Waals surface area contributed by atoms with Crippen molar-refractivity contribution in [2.45, 2.75) is 38.3 Å². The molecule has 0 N–H and O–H groups in total. The molecule has 0 heterocycles. The molecule has 0 aliphatic heterocycles. The Labute approximate surface area is 83.1 Å². The standard InChI is InChI=1S/C9H15N3O2/c1-9(6-13)4-7(11-12-10)3-8(5-9)14-2/h6-8H,3-5H2,1-2H3/t7-,8+,9?/m1/s1. The van der Waals surface area contributed by atoms with Crippen LogP contribution < -0.4 is 0 Å². The molecule has 0 amide bonds. The second-order valence-corrected chi connectivity index (χ2v) is 4.13. The lowest BCUT2D eigenvalue weighted by molar-refractivity contribution is -0.120. The van der Waals surface area contributed by atoms with Gasteiger partial charge in [-0.3, -0.25) is 0 Å². The van der Waals surface area contributed by atoms with Crippen LogP contribution in [0.25, 0.3) is 10.4 Å². The van der Waals surface area contributed by atoms with Crippen LogP contribution in [-0.4, -0.2) is 25.5 Å². The summed E-state index contributed by atoms with van der Waals surface area (Å²) in [6, 6.07) is -0.117. The molecule has 1 saturated carbocycles. The summed E-state index contributed by atoms with van der Waals surface area (Å²) in [6.07, 6.45) is 3.02. The normalized spacial score (nSPS) is 37.3. The number of rotatable bonds is 3. The van der Waals surface area contributed by atoms with Crippen LogP contribution in [0.3, 0.4) is 0 Å². The summed E-state index contributed by atoms with van der Waals surface area (Å²) in [7, 11) is 1.62. The van der Waals surface area contributed by atoms with Crippen molar-refractivity contribution in [2.24, 2.45) is 10.5 Å². The molecule has 0 aromatic rings. The highest BCUT2D eigenvalue weighted by atomic mass is 16.5. The zero-order chi connectivity index (χ0) is 10.6. The number of hydrogen-bond acceptors (Lipinski definition) is 3. The topological polar surface area (TPSA) is 75.1 Å². The van der Waals surface area contributed by atoms with Crippen LogP contribution in [0.15, 0.2) is 5.11 Å². The molecule has 78 valence electrons. The highest BCUT2D eigenvalue weighted by Crippen LogP contribution is 2.36. The molecule has 1 unspecified atom stereocenters. The van der Waals surface area contributed by atoms with Gasteiger partial charge in [0.2, 0.25) is 0 Å². The fourth-order valence-corrected chi connectivity index (χ4v) is 2.05. The number of carbonyl (C=O) groups excluding carboxylic acids is 1. The Morgan fingerprint density at radius 3 is 2.86 bits per heavy atom. The predicted octanol–water partition coefficient (Wildman–Crippen LogP) is 2.07. The largest absolute Gasteiger partial charge is 0.381 e. The summed E-state index contributed by atoms with van der Waals surface area (Å²) in [5, 5.41) is 3.67. The Morgan fingerprint density at radius 2 is 2.36 bits per heavy atom. The van der Waals surface area contributed by atoms with Crippen molar-refractivity contribution in [2.75, 3.05) is 7.11 Å². The molecule has 1 aliphatic rings. The Hall–Kier alpha value is -1.06.